The van der Waals surface area contributed by atoms with Crippen molar-refractivity contribution in [1.29, 1.82) is 0 Å². The van der Waals surface area contributed by atoms with Gasteiger partial charge in [-0.25, -0.2) is 4.98 Å². The van der Waals surface area contributed by atoms with Crippen LogP contribution >= 0.6 is 0 Å². The summed E-state index contributed by atoms with van der Waals surface area (Å²) in [6.45, 7) is 2.11. The number of phenols is 1. The molecule has 0 radical (unpaired) electrons. The van der Waals surface area contributed by atoms with Gasteiger partial charge in [0.15, 0.2) is 0 Å². The van der Waals surface area contributed by atoms with Gasteiger partial charge in [0.2, 0.25) is 5.95 Å². The highest BCUT2D eigenvalue weighted by Gasteiger charge is 2.11. The first kappa shape index (κ1) is 16.8. The lowest BCUT2D eigenvalue weighted by Gasteiger charge is -2.17. The summed E-state index contributed by atoms with van der Waals surface area (Å²) in [6, 6.07) is 25.1. The van der Waals surface area contributed by atoms with E-state index in [1.165, 1.54) is 5.56 Å². The summed E-state index contributed by atoms with van der Waals surface area (Å²) < 4.78 is 0. The van der Waals surface area contributed by atoms with Gasteiger partial charge in [-0.2, -0.15) is 4.98 Å². The quantitative estimate of drug-likeness (QED) is 0.426. The first-order chi connectivity index (χ1) is 13.2. The molecule has 0 aliphatic rings. The van der Waals surface area contributed by atoms with Crippen LogP contribution < -0.4 is 10.6 Å². The summed E-state index contributed by atoms with van der Waals surface area (Å²) in [5.74, 6) is 1.50. The molecule has 0 spiro atoms. The molecule has 0 fully saturated rings. The molecule has 3 N–H and O–H groups in total. The summed E-state index contributed by atoms with van der Waals surface area (Å²) in [7, 11) is 0. The molecule has 0 saturated heterocycles. The number of aromatic hydroxyl groups is 1. The van der Waals surface area contributed by atoms with Gasteiger partial charge in [0.05, 0.1) is 5.52 Å². The van der Waals surface area contributed by atoms with Crippen molar-refractivity contribution in [1.82, 2.24) is 9.97 Å². The summed E-state index contributed by atoms with van der Waals surface area (Å²) >= 11 is 0. The molecule has 5 heteroatoms. The summed E-state index contributed by atoms with van der Waals surface area (Å²) in [4.78, 5) is 9.30. The number of phenolic OH excluding ortho intramolecular Hbond substituents is 1. The molecule has 1 unspecified atom stereocenters. The Morgan fingerprint density at radius 1 is 0.815 bits per heavy atom. The molecule has 134 valence electrons. The Morgan fingerprint density at radius 3 is 2.30 bits per heavy atom. The zero-order chi connectivity index (χ0) is 18.6. The normalized spacial score (nSPS) is 11.9. The van der Waals surface area contributed by atoms with Crippen LogP contribution in [0.3, 0.4) is 0 Å². The average molecular weight is 356 g/mol. The number of rotatable bonds is 5. The van der Waals surface area contributed by atoms with Gasteiger partial charge < -0.3 is 15.7 Å². The Hall–Kier alpha value is -3.60. The molecule has 27 heavy (non-hydrogen) atoms. The predicted molar refractivity (Wildman–Crippen MR) is 109 cm³/mol. The van der Waals surface area contributed by atoms with Crippen LogP contribution in [-0.2, 0) is 0 Å². The largest absolute Gasteiger partial charge is 0.508 e. The fraction of sp³-hybridized carbons (Fsp3) is 0.0909. The topological polar surface area (TPSA) is 70.1 Å². The third-order valence-electron chi connectivity index (χ3n) is 4.38. The van der Waals surface area contributed by atoms with Crippen molar-refractivity contribution in [2.24, 2.45) is 0 Å². The minimum absolute atomic E-state index is 0.103. The van der Waals surface area contributed by atoms with E-state index in [1.807, 2.05) is 42.5 Å². The molecule has 1 heterocycles. The van der Waals surface area contributed by atoms with E-state index in [-0.39, 0.29) is 11.8 Å². The second kappa shape index (κ2) is 7.33. The Labute approximate surface area is 157 Å². The summed E-state index contributed by atoms with van der Waals surface area (Å²) in [5, 5.41) is 17.1. The van der Waals surface area contributed by atoms with Gasteiger partial charge in [-0.3, -0.25) is 0 Å². The first-order valence-electron chi connectivity index (χ1n) is 8.83. The number of benzene rings is 3. The molecule has 0 aliphatic heterocycles. The standard InChI is InChI=1S/C22H20N4O/c1-15(16-7-3-2-4-8-16)23-21-19-9-5-6-10-20(19)25-22(26-21)24-17-11-13-18(27)14-12-17/h2-15,27H,1H3,(H2,23,24,25,26). The van der Waals surface area contributed by atoms with Crippen LogP contribution in [0.1, 0.15) is 18.5 Å². The molecular weight excluding hydrogens is 336 g/mol. The molecule has 5 nitrogen and oxygen atoms in total. The van der Waals surface area contributed by atoms with Gasteiger partial charge in [0.1, 0.15) is 11.6 Å². The maximum absolute atomic E-state index is 9.45. The van der Waals surface area contributed by atoms with E-state index in [1.54, 1.807) is 24.3 Å². The average Bonchev–Trinajstić information content (AvgIpc) is 2.70. The molecule has 1 aromatic heterocycles. The Bertz CT molecular complexity index is 1050. The lowest BCUT2D eigenvalue weighted by Crippen LogP contribution is -2.10. The number of nitrogens with one attached hydrogen (secondary N) is 2. The van der Waals surface area contributed by atoms with Crippen molar-refractivity contribution in [3.8, 4) is 5.75 Å². The van der Waals surface area contributed by atoms with Gasteiger partial charge >= 0.3 is 0 Å². The molecule has 0 amide bonds. The Kier molecular flexibility index (Phi) is 4.58. The Balaban J connectivity index is 1.69. The SMILES string of the molecule is CC(Nc1nc(Nc2ccc(O)cc2)nc2ccccc12)c1ccccc1. The van der Waals surface area contributed by atoms with E-state index in [2.05, 4.69) is 39.7 Å². The second-order valence-electron chi connectivity index (χ2n) is 6.36. The van der Waals surface area contributed by atoms with Gasteiger partial charge in [0.25, 0.3) is 0 Å². The third-order valence-corrected chi connectivity index (χ3v) is 4.38. The zero-order valence-electron chi connectivity index (χ0n) is 14.9. The molecule has 0 bridgehead atoms. The van der Waals surface area contributed by atoms with Crippen molar-refractivity contribution in [2.45, 2.75) is 13.0 Å². The fourth-order valence-electron chi connectivity index (χ4n) is 2.95. The van der Waals surface area contributed by atoms with Gasteiger partial charge in [0, 0.05) is 17.1 Å². The number of anilines is 3. The van der Waals surface area contributed by atoms with Crippen molar-refractivity contribution in [3.63, 3.8) is 0 Å². The number of aromatic nitrogens is 2. The summed E-state index contributed by atoms with van der Waals surface area (Å²) in [5.41, 5.74) is 2.86. The van der Waals surface area contributed by atoms with Gasteiger partial charge in [-0.15, -0.1) is 0 Å². The van der Waals surface area contributed by atoms with Crippen LogP contribution in [0.5, 0.6) is 5.75 Å². The molecular formula is C22H20N4O. The number of hydrogen-bond donors (Lipinski definition) is 3. The lowest BCUT2D eigenvalue weighted by molar-refractivity contribution is 0.475. The van der Waals surface area contributed by atoms with Crippen LogP contribution in [0, 0.1) is 0 Å². The first-order valence-corrected chi connectivity index (χ1v) is 8.83. The van der Waals surface area contributed by atoms with Crippen molar-refractivity contribution < 1.29 is 5.11 Å². The van der Waals surface area contributed by atoms with Gasteiger partial charge in [-0.1, -0.05) is 42.5 Å². The van der Waals surface area contributed by atoms with Crippen LogP contribution in [0.25, 0.3) is 10.9 Å². The second-order valence-corrected chi connectivity index (χ2v) is 6.36. The number of hydrogen-bond acceptors (Lipinski definition) is 5. The number of para-hydroxylation sites is 1. The van der Waals surface area contributed by atoms with Crippen LogP contribution in [0.15, 0.2) is 78.9 Å². The smallest absolute Gasteiger partial charge is 0.229 e. The molecule has 3 aromatic carbocycles. The Morgan fingerprint density at radius 2 is 1.52 bits per heavy atom. The van der Waals surface area contributed by atoms with E-state index >= 15 is 0 Å². The minimum atomic E-state index is 0.103. The van der Waals surface area contributed by atoms with Crippen molar-refractivity contribution in [3.05, 3.63) is 84.4 Å². The highest BCUT2D eigenvalue weighted by atomic mass is 16.3. The molecule has 4 rings (SSSR count). The van der Waals surface area contributed by atoms with Crippen molar-refractivity contribution in [2.75, 3.05) is 10.6 Å². The van der Waals surface area contributed by atoms with Crippen LogP contribution in [0.2, 0.25) is 0 Å². The molecule has 4 aromatic rings. The van der Waals surface area contributed by atoms with E-state index in [9.17, 15) is 5.11 Å². The highest BCUT2D eigenvalue weighted by Crippen LogP contribution is 2.27. The minimum Gasteiger partial charge on any atom is -0.508 e. The molecule has 0 aliphatic carbocycles. The van der Waals surface area contributed by atoms with E-state index in [0.29, 0.717) is 5.95 Å². The lowest BCUT2D eigenvalue weighted by atomic mass is 10.1. The van der Waals surface area contributed by atoms with Crippen molar-refractivity contribution >= 4 is 28.4 Å². The van der Waals surface area contributed by atoms with Crippen LogP contribution in [0.4, 0.5) is 17.5 Å². The third kappa shape index (κ3) is 3.82. The monoisotopic (exact) mass is 356 g/mol. The van der Waals surface area contributed by atoms with Gasteiger partial charge in [-0.05, 0) is 48.9 Å². The maximum atomic E-state index is 9.45. The molecule has 1 atom stereocenters. The zero-order valence-corrected chi connectivity index (χ0v) is 14.9. The number of fused-ring (bicyclic) bond motifs is 1. The van der Waals surface area contributed by atoms with Crippen LogP contribution in [-0.4, -0.2) is 15.1 Å². The predicted octanol–water partition coefficient (Wildman–Crippen LogP) is 5.25. The van der Waals surface area contributed by atoms with E-state index in [4.69, 9.17) is 0 Å². The summed E-state index contributed by atoms with van der Waals surface area (Å²) in [6.07, 6.45) is 0. The highest BCUT2D eigenvalue weighted by molar-refractivity contribution is 5.90. The van der Waals surface area contributed by atoms with E-state index in [0.717, 1.165) is 22.4 Å². The van der Waals surface area contributed by atoms with E-state index < -0.39 is 0 Å². The number of nitrogens with zero attached hydrogens (tertiary/aromatic N) is 2. The fourth-order valence-corrected chi connectivity index (χ4v) is 2.95. The molecule has 0 saturated carbocycles. The maximum Gasteiger partial charge on any atom is 0.229 e.